The maximum atomic E-state index is 12.2. The van der Waals surface area contributed by atoms with Crippen LogP contribution in [0.1, 0.15) is 77.3 Å². The van der Waals surface area contributed by atoms with E-state index in [9.17, 15) is 4.79 Å². The quantitative estimate of drug-likeness (QED) is 0.198. The van der Waals surface area contributed by atoms with Gasteiger partial charge < -0.3 is 20.3 Å². The van der Waals surface area contributed by atoms with E-state index in [2.05, 4.69) is 44.6 Å². The van der Waals surface area contributed by atoms with E-state index in [4.69, 9.17) is 14.9 Å². The molecule has 2 rings (SSSR count). The van der Waals surface area contributed by atoms with Crippen molar-refractivity contribution in [1.82, 2.24) is 5.32 Å². The van der Waals surface area contributed by atoms with Crippen LogP contribution in [0.25, 0.3) is 5.76 Å². The molecule has 0 spiro atoms. The summed E-state index contributed by atoms with van der Waals surface area (Å²) in [5.74, 6) is 1.49. The molecule has 0 saturated carbocycles. The zero-order valence-corrected chi connectivity index (χ0v) is 24.9. The smallest absolute Gasteiger partial charge is 0.232 e. The van der Waals surface area contributed by atoms with Crippen LogP contribution in [0.2, 0.25) is 0 Å². The average Bonchev–Trinajstić information content (AvgIpc) is 3.13. The minimum atomic E-state index is -0.626. The van der Waals surface area contributed by atoms with E-state index in [-0.39, 0.29) is 25.5 Å². The summed E-state index contributed by atoms with van der Waals surface area (Å²) in [6, 6.07) is 3.42. The molecule has 0 unspecified atom stereocenters. The average molecular weight is 531 g/mol. The Kier molecular flexibility index (Phi) is 13.8. The number of hydrogen-bond acceptors (Lipinski definition) is 6. The van der Waals surface area contributed by atoms with Gasteiger partial charge in [0.1, 0.15) is 5.76 Å². The summed E-state index contributed by atoms with van der Waals surface area (Å²) in [6.07, 6.45) is 1.87. The molecule has 0 aliphatic carbocycles. The van der Waals surface area contributed by atoms with E-state index in [0.29, 0.717) is 24.0 Å². The molecular formula is C30H46N2O4S. The summed E-state index contributed by atoms with van der Waals surface area (Å²) in [4.78, 5) is 18.9. The Morgan fingerprint density at radius 2 is 1.65 bits per heavy atom. The lowest BCUT2D eigenvalue weighted by atomic mass is 9.95. The highest BCUT2D eigenvalue weighted by Gasteiger charge is 2.20. The van der Waals surface area contributed by atoms with Crippen LogP contribution in [0.4, 0.5) is 0 Å². The molecule has 0 saturated heterocycles. The molecule has 3 N–H and O–H groups in total. The number of aliphatic hydroxyl groups excluding tert-OH is 2. The Hall–Kier alpha value is -2.48. The van der Waals surface area contributed by atoms with Gasteiger partial charge in [0.15, 0.2) is 0 Å². The lowest BCUT2D eigenvalue weighted by Gasteiger charge is -2.16. The Morgan fingerprint density at radius 3 is 2.14 bits per heavy atom. The SMILES string of the molecule is C=C(OC(=NC)c1sc(C)c(CC(C)C)c1C)c1cc(C)c(CCC(=O)NC(CO)CO)c(C)c1.CC. The highest BCUT2D eigenvalue weighted by Crippen LogP contribution is 2.32. The van der Waals surface area contributed by atoms with Crippen molar-refractivity contribution in [3.8, 4) is 0 Å². The van der Waals surface area contributed by atoms with Crippen LogP contribution >= 0.6 is 11.3 Å². The van der Waals surface area contributed by atoms with Crippen molar-refractivity contribution < 1.29 is 19.7 Å². The number of aliphatic imine (C=N–C) groups is 1. The fraction of sp³-hybridized carbons (Fsp3) is 0.533. The zero-order chi connectivity index (χ0) is 28.3. The molecule has 7 heteroatoms. The number of hydrogen-bond donors (Lipinski definition) is 3. The second kappa shape index (κ2) is 15.7. The second-order valence-electron chi connectivity index (χ2n) is 9.46. The topological polar surface area (TPSA) is 91.2 Å². The number of benzene rings is 1. The number of nitrogens with zero attached hydrogens (tertiary/aromatic N) is 1. The number of aliphatic hydroxyl groups is 2. The summed E-state index contributed by atoms with van der Waals surface area (Å²) >= 11 is 1.71. The van der Waals surface area contributed by atoms with Gasteiger partial charge in [0.25, 0.3) is 0 Å². The van der Waals surface area contributed by atoms with Crippen LogP contribution in [0.3, 0.4) is 0 Å². The van der Waals surface area contributed by atoms with Gasteiger partial charge in [-0.3, -0.25) is 9.79 Å². The number of ether oxygens (including phenoxy) is 1. The van der Waals surface area contributed by atoms with Crippen LogP contribution in [0, 0.1) is 33.6 Å². The predicted octanol–water partition coefficient (Wildman–Crippen LogP) is 5.67. The van der Waals surface area contributed by atoms with Gasteiger partial charge in [0.2, 0.25) is 11.8 Å². The normalized spacial score (nSPS) is 11.4. The molecule has 0 atom stereocenters. The Labute approximate surface area is 227 Å². The van der Waals surface area contributed by atoms with E-state index in [0.717, 1.165) is 33.6 Å². The molecule has 0 fully saturated rings. The number of thiophene rings is 1. The third-order valence-electron chi connectivity index (χ3n) is 6.13. The number of aryl methyl sites for hydroxylation is 3. The fourth-order valence-corrected chi connectivity index (χ4v) is 5.37. The van der Waals surface area contributed by atoms with Gasteiger partial charge in [-0.2, -0.15) is 0 Å². The number of nitrogens with one attached hydrogen (secondary N) is 1. The van der Waals surface area contributed by atoms with Gasteiger partial charge in [0, 0.05) is 23.9 Å². The summed E-state index contributed by atoms with van der Waals surface area (Å²) in [5, 5.41) is 20.9. The second-order valence-corrected chi connectivity index (χ2v) is 10.7. The van der Waals surface area contributed by atoms with Gasteiger partial charge in [-0.25, -0.2) is 0 Å². The van der Waals surface area contributed by atoms with E-state index in [1.165, 1.54) is 16.0 Å². The molecule has 6 nitrogen and oxygen atoms in total. The molecule has 1 aromatic heterocycles. The Balaban J connectivity index is 0.00000334. The molecule has 0 aliphatic rings. The Morgan fingerprint density at radius 1 is 1.08 bits per heavy atom. The highest BCUT2D eigenvalue weighted by molar-refractivity contribution is 7.14. The lowest BCUT2D eigenvalue weighted by Crippen LogP contribution is -2.40. The van der Waals surface area contributed by atoms with E-state index in [1.807, 2.05) is 39.8 Å². The van der Waals surface area contributed by atoms with Gasteiger partial charge in [-0.05, 0) is 86.4 Å². The summed E-state index contributed by atoms with van der Waals surface area (Å²) in [5.41, 5.74) is 6.67. The van der Waals surface area contributed by atoms with Crippen LogP contribution in [-0.4, -0.2) is 48.3 Å². The summed E-state index contributed by atoms with van der Waals surface area (Å²) < 4.78 is 6.20. The standard InChI is InChI=1S/C28H40N2O4S.C2H6/c1-16(2)11-25-19(5)27(35-21(25)7)28(29-8)34-20(6)22-12-17(3)24(18(4)13-22)9-10-26(33)30-23(14-31)15-32;1-2/h12-13,16,23,31-32H,6,9-11,14-15H2,1-5,7-8H3,(H,30,33);1-2H3. The van der Waals surface area contributed by atoms with Gasteiger partial charge in [0.05, 0.1) is 24.1 Å². The largest absolute Gasteiger partial charge is 0.438 e. The van der Waals surface area contributed by atoms with Gasteiger partial charge in [-0.15, -0.1) is 11.3 Å². The van der Waals surface area contributed by atoms with Crippen molar-refractivity contribution >= 4 is 28.9 Å². The number of carbonyl (C=O) groups is 1. The maximum absolute atomic E-state index is 12.2. The minimum absolute atomic E-state index is 0.198. The number of carbonyl (C=O) groups excluding carboxylic acids is 1. The first-order chi connectivity index (χ1) is 17.5. The third kappa shape index (κ3) is 9.09. The van der Waals surface area contributed by atoms with Crippen molar-refractivity contribution in [2.24, 2.45) is 10.9 Å². The number of amides is 1. The minimum Gasteiger partial charge on any atom is -0.438 e. The molecule has 1 amide bonds. The van der Waals surface area contributed by atoms with E-state index < -0.39 is 6.04 Å². The van der Waals surface area contributed by atoms with Crippen molar-refractivity contribution in [3.63, 3.8) is 0 Å². The first-order valence-electron chi connectivity index (χ1n) is 13.1. The lowest BCUT2D eigenvalue weighted by molar-refractivity contribution is -0.122. The monoisotopic (exact) mass is 530 g/mol. The number of rotatable bonds is 11. The third-order valence-corrected chi connectivity index (χ3v) is 7.37. The van der Waals surface area contributed by atoms with E-state index >= 15 is 0 Å². The van der Waals surface area contributed by atoms with Crippen molar-refractivity contribution in [2.75, 3.05) is 20.3 Å². The van der Waals surface area contributed by atoms with Crippen LogP contribution in [0.5, 0.6) is 0 Å². The molecule has 1 heterocycles. The van der Waals surface area contributed by atoms with Crippen LogP contribution in [-0.2, 0) is 22.4 Å². The van der Waals surface area contributed by atoms with Crippen LogP contribution < -0.4 is 5.32 Å². The molecule has 206 valence electrons. The molecule has 37 heavy (non-hydrogen) atoms. The molecule has 1 aromatic carbocycles. The zero-order valence-electron chi connectivity index (χ0n) is 24.1. The highest BCUT2D eigenvalue weighted by atomic mass is 32.1. The first kappa shape index (κ1) is 32.5. The summed E-state index contributed by atoms with van der Waals surface area (Å²) in [7, 11) is 1.74. The molecular weight excluding hydrogens is 484 g/mol. The van der Waals surface area contributed by atoms with E-state index in [1.54, 1.807) is 18.4 Å². The first-order valence-corrected chi connectivity index (χ1v) is 13.9. The molecule has 0 bridgehead atoms. The van der Waals surface area contributed by atoms with Crippen LogP contribution in [0.15, 0.2) is 23.7 Å². The van der Waals surface area contributed by atoms with Crippen molar-refractivity contribution in [3.05, 3.63) is 61.8 Å². The van der Waals surface area contributed by atoms with Crippen molar-refractivity contribution in [1.29, 1.82) is 0 Å². The Bertz CT molecular complexity index is 1060. The predicted molar refractivity (Wildman–Crippen MR) is 157 cm³/mol. The molecule has 0 radical (unpaired) electrons. The fourth-order valence-electron chi connectivity index (χ4n) is 4.21. The van der Waals surface area contributed by atoms with Crippen molar-refractivity contribution in [2.45, 2.75) is 80.7 Å². The van der Waals surface area contributed by atoms with Gasteiger partial charge in [-0.1, -0.05) is 34.3 Å². The van der Waals surface area contributed by atoms with Gasteiger partial charge >= 0.3 is 0 Å². The summed E-state index contributed by atoms with van der Waals surface area (Å²) in [6.45, 7) is 20.4. The maximum Gasteiger partial charge on any atom is 0.232 e. The molecule has 0 aliphatic heterocycles. The molecule has 2 aromatic rings.